The first-order valence-corrected chi connectivity index (χ1v) is 8.50. The number of ether oxygens (including phenoxy) is 1. The average Bonchev–Trinajstić information content (AvgIpc) is 2.57. The van der Waals surface area contributed by atoms with Gasteiger partial charge in [0.15, 0.2) is 5.78 Å². The normalized spacial score (nSPS) is 17.3. The standard InChI is InChI=1S/C20H20ClNO2/c1-2-24-20-9-7-17(8-10-20)22-18-11-15(12-19(23)13-18)14-3-5-16(21)6-4-14/h3-10,13,15,22H,2,11-12H2,1H3. The van der Waals surface area contributed by atoms with Crippen LogP contribution < -0.4 is 10.1 Å². The van der Waals surface area contributed by atoms with Crippen molar-refractivity contribution in [3.8, 4) is 5.75 Å². The van der Waals surface area contributed by atoms with E-state index in [1.165, 1.54) is 0 Å². The third-order valence-electron chi connectivity index (χ3n) is 4.06. The predicted octanol–water partition coefficient (Wildman–Crippen LogP) is 5.18. The number of hydrogen-bond donors (Lipinski definition) is 1. The van der Waals surface area contributed by atoms with Gasteiger partial charge in [-0.1, -0.05) is 23.7 Å². The highest BCUT2D eigenvalue weighted by molar-refractivity contribution is 6.30. The van der Waals surface area contributed by atoms with E-state index in [0.29, 0.717) is 18.1 Å². The van der Waals surface area contributed by atoms with Crippen LogP contribution in [-0.4, -0.2) is 12.4 Å². The maximum absolute atomic E-state index is 12.1. The second kappa shape index (κ2) is 7.54. The van der Waals surface area contributed by atoms with Gasteiger partial charge in [0.2, 0.25) is 0 Å². The first-order chi connectivity index (χ1) is 11.6. The van der Waals surface area contributed by atoms with E-state index in [2.05, 4.69) is 5.32 Å². The van der Waals surface area contributed by atoms with Crippen LogP contribution in [0.15, 0.2) is 60.3 Å². The van der Waals surface area contributed by atoms with Gasteiger partial charge in [-0.25, -0.2) is 0 Å². The average molecular weight is 342 g/mol. The molecule has 2 aromatic carbocycles. The smallest absolute Gasteiger partial charge is 0.158 e. The Bertz CT molecular complexity index is 735. The van der Waals surface area contributed by atoms with E-state index in [4.69, 9.17) is 16.3 Å². The zero-order valence-corrected chi connectivity index (χ0v) is 14.3. The van der Waals surface area contributed by atoms with Crippen LogP contribution >= 0.6 is 11.6 Å². The van der Waals surface area contributed by atoms with Gasteiger partial charge in [0.05, 0.1) is 6.61 Å². The largest absolute Gasteiger partial charge is 0.494 e. The molecule has 0 heterocycles. The number of allylic oxidation sites excluding steroid dienone is 2. The summed E-state index contributed by atoms with van der Waals surface area (Å²) in [6.45, 7) is 2.61. The highest BCUT2D eigenvalue weighted by Crippen LogP contribution is 2.32. The Morgan fingerprint density at radius 3 is 2.46 bits per heavy atom. The van der Waals surface area contributed by atoms with Crippen molar-refractivity contribution in [2.45, 2.75) is 25.7 Å². The lowest BCUT2D eigenvalue weighted by Gasteiger charge is -2.23. The number of nitrogens with one attached hydrogen (secondary N) is 1. The van der Waals surface area contributed by atoms with Crippen molar-refractivity contribution in [3.63, 3.8) is 0 Å². The number of hydrogen-bond acceptors (Lipinski definition) is 3. The number of halogens is 1. The number of benzene rings is 2. The summed E-state index contributed by atoms with van der Waals surface area (Å²) in [4.78, 5) is 12.1. The molecule has 1 atom stereocenters. The number of carbonyl (C=O) groups is 1. The molecule has 0 saturated carbocycles. The summed E-state index contributed by atoms with van der Waals surface area (Å²) in [6, 6.07) is 15.5. The van der Waals surface area contributed by atoms with Gasteiger partial charge in [0.25, 0.3) is 0 Å². The molecule has 1 unspecified atom stereocenters. The fourth-order valence-electron chi connectivity index (χ4n) is 2.94. The van der Waals surface area contributed by atoms with E-state index in [1.807, 2.05) is 55.5 Å². The Morgan fingerprint density at radius 1 is 1.08 bits per heavy atom. The molecule has 0 fully saturated rings. The van der Waals surface area contributed by atoms with Crippen LogP contribution in [-0.2, 0) is 4.79 Å². The second-order valence-electron chi connectivity index (χ2n) is 5.88. The van der Waals surface area contributed by atoms with Crippen molar-refractivity contribution in [3.05, 3.63) is 70.9 Å². The van der Waals surface area contributed by atoms with Gasteiger partial charge in [0.1, 0.15) is 5.75 Å². The van der Waals surface area contributed by atoms with Gasteiger partial charge in [-0.15, -0.1) is 0 Å². The Labute approximate surface area is 147 Å². The van der Waals surface area contributed by atoms with E-state index in [1.54, 1.807) is 6.08 Å². The quantitative estimate of drug-likeness (QED) is 0.814. The topological polar surface area (TPSA) is 38.3 Å². The molecular formula is C20H20ClNO2. The van der Waals surface area contributed by atoms with E-state index in [9.17, 15) is 4.79 Å². The van der Waals surface area contributed by atoms with Crippen LogP contribution in [0.4, 0.5) is 5.69 Å². The summed E-state index contributed by atoms with van der Waals surface area (Å²) >= 11 is 5.95. The molecule has 2 aromatic rings. The minimum absolute atomic E-state index is 0.148. The van der Waals surface area contributed by atoms with Crippen LogP contribution in [0.5, 0.6) is 5.75 Å². The molecule has 0 saturated heterocycles. The first kappa shape index (κ1) is 16.6. The molecule has 1 aliphatic rings. The summed E-state index contributed by atoms with van der Waals surface area (Å²) < 4.78 is 5.45. The number of carbonyl (C=O) groups excluding carboxylic acids is 1. The third-order valence-corrected chi connectivity index (χ3v) is 4.31. The van der Waals surface area contributed by atoms with Gasteiger partial charge in [-0.05, 0) is 61.2 Å². The zero-order valence-electron chi connectivity index (χ0n) is 13.6. The van der Waals surface area contributed by atoms with Crippen LogP contribution in [0.1, 0.15) is 31.2 Å². The van der Waals surface area contributed by atoms with E-state index < -0.39 is 0 Å². The van der Waals surface area contributed by atoms with Crippen LogP contribution in [0.25, 0.3) is 0 Å². The lowest BCUT2D eigenvalue weighted by atomic mass is 9.85. The number of rotatable bonds is 5. The van der Waals surface area contributed by atoms with E-state index >= 15 is 0 Å². The van der Waals surface area contributed by atoms with Gasteiger partial charge in [-0.2, -0.15) is 0 Å². The molecular weight excluding hydrogens is 322 g/mol. The minimum Gasteiger partial charge on any atom is -0.494 e. The minimum atomic E-state index is 0.148. The maximum atomic E-state index is 12.1. The molecule has 124 valence electrons. The van der Waals surface area contributed by atoms with E-state index in [-0.39, 0.29) is 11.7 Å². The molecule has 0 bridgehead atoms. The lowest BCUT2D eigenvalue weighted by molar-refractivity contribution is -0.115. The Morgan fingerprint density at radius 2 is 1.79 bits per heavy atom. The molecule has 24 heavy (non-hydrogen) atoms. The van der Waals surface area contributed by atoms with Crippen molar-refractivity contribution < 1.29 is 9.53 Å². The summed E-state index contributed by atoms with van der Waals surface area (Å²) in [5.41, 5.74) is 3.04. The third kappa shape index (κ3) is 4.18. The summed E-state index contributed by atoms with van der Waals surface area (Å²) in [5.74, 6) is 1.18. The Kier molecular flexibility index (Phi) is 5.21. The van der Waals surface area contributed by atoms with Gasteiger partial charge in [-0.3, -0.25) is 4.79 Å². The monoisotopic (exact) mass is 341 g/mol. The number of ketones is 1. The van der Waals surface area contributed by atoms with Crippen LogP contribution in [0.3, 0.4) is 0 Å². The maximum Gasteiger partial charge on any atom is 0.158 e. The molecule has 3 rings (SSSR count). The Hall–Kier alpha value is -2.26. The van der Waals surface area contributed by atoms with Crippen molar-refractivity contribution >= 4 is 23.1 Å². The second-order valence-corrected chi connectivity index (χ2v) is 6.31. The molecule has 3 nitrogen and oxygen atoms in total. The van der Waals surface area contributed by atoms with Gasteiger partial charge in [0, 0.05) is 28.9 Å². The molecule has 0 radical (unpaired) electrons. The molecule has 0 spiro atoms. The molecule has 1 aliphatic carbocycles. The number of anilines is 1. The van der Waals surface area contributed by atoms with Crippen molar-refractivity contribution in [2.24, 2.45) is 0 Å². The first-order valence-electron chi connectivity index (χ1n) is 8.13. The summed E-state index contributed by atoms with van der Waals surface area (Å²) in [6.07, 6.45) is 3.06. The molecule has 1 N–H and O–H groups in total. The lowest BCUT2D eigenvalue weighted by Crippen LogP contribution is -2.16. The van der Waals surface area contributed by atoms with Crippen molar-refractivity contribution in [1.82, 2.24) is 0 Å². The van der Waals surface area contributed by atoms with Crippen LogP contribution in [0.2, 0.25) is 5.02 Å². The van der Waals surface area contributed by atoms with Gasteiger partial charge >= 0.3 is 0 Å². The zero-order chi connectivity index (χ0) is 16.9. The fourth-order valence-corrected chi connectivity index (χ4v) is 3.06. The van der Waals surface area contributed by atoms with Gasteiger partial charge < -0.3 is 10.1 Å². The molecule has 0 aromatic heterocycles. The molecule has 0 aliphatic heterocycles. The highest BCUT2D eigenvalue weighted by atomic mass is 35.5. The molecule has 0 amide bonds. The summed E-state index contributed by atoms with van der Waals surface area (Å²) in [5, 5.41) is 4.06. The van der Waals surface area contributed by atoms with Crippen molar-refractivity contribution in [1.29, 1.82) is 0 Å². The predicted molar refractivity (Wildman–Crippen MR) is 97.8 cm³/mol. The SMILES string of the molecule is CCOc1ccc(NC2=CC(=O)CC(c3ccc(Cl)cc3)C2)cc1. The van der Waals surface area contributed by atoms with Crippen molar-refractivity contribution in [2.75, 3.05) is 11.9 Å². The molecule has 4 heteroatoms. The fraction of sp³-hybridized carbons (Fsp3) is 0.250. The summed E-state index contributed by atoms with van der Waals surface area (Å²) in [7, 11) is 0. The van der Waals surface area contributed by atoms with Crippen LogP contribution in [0, 0.1) is 0 Å². The highest BCUT2D eigenvalue weighted by Gasteiger charge is 2.22. The van der Waals surface area contributed by atoms with E-state index in [0.717, 1.165) is 29.1 Å². The Balaban J connectivity index is 1.71.